The summed E-state index contributed by atoms with van der Waals surface area (Å²) in [4.78, 5) is 27.0. The second-order valence-corrected chi connectivity index (χ2v) is 4.95. The predicted octanol–water partition coefficient (Wildman–Crippen LogP) is 1.96. The first-order chi connectivity index (χ1) is 10.2. The highest BCUT2D eigenvalue weighted by Crippen LogP contribution is 2.16. The Bertz CT molecular complexity index is 545. The highest BCUT2D eigenvalue weighted by molar-refractivity contribution is 7.13. The normalized spacial score (nSPS) is 12.4. The van der Waals surface area contributed by atoms with Crippen molar-refractivity contribution in [2.45, 2.75) is 19.2 Å². The molecular formula is C12H14F3N3O3S. The first-order valence-corrected chi connectivity index (χ1v) is 6.96. The van der Waals surface area contributed by atoms with E-state index in [-0.39, 0.29) is 5.69 Å². The van der Waals surface area contributed by atoms with Gasteiger partial charge in [-0.25, -0.2) is 9.78 Å². The van der Waals surface area contributed by atoms with Crippen LogP contribution in [0.2, 0.25) is 0 Å². The quantitative estimate of drug-likeness (QED) is 0.587. The van der Waals surface area contributed by atoms with Crippen LogP contribution in [0.4, 0.5) is 18.3 Å². The van der Waals surface area contributed by atoms with E-state index in [1.54, 1.807) is 11.4 Å². The number of nitrogens with zero attached hydrogens (tertiary/aromatic N) is 1. The Balaban J connectivity index is 2.51. The van der Waals surface area contributed by atoms with Crippen molar-refractivity contribution >= 4 is 28.3 Å². The number of hydrogen-bond donors (Lipinski definition) is 2. The number of hydrogen-bond acceptors (Lipinski definition) is 6. The van der Waals surface area contributed by atoms with Crippen LogP contribution >= 0.6 is 11.3 Å². The molecule has 0 spiro atoms. The highest BCUT2D eigenvalue weighted by atomic mass is 32.1. The lowest BCUT2D eigenvalue weighted by Gasteiger charge is -2.13. The molecule has 22 heavy (non-hydrogen) atoms. The van der Waals surface area contributed by atoms with E-state index in [9.17, 15) is 22.8 Å². The Kier molecular flexibility index (Phi) is 6.35. The molecule has 1 unspecified atom stereocenters. The Morgan fingerprint density at radius 3 is 2.82 bits per heavy atom. The van der Waals surface area contributed by atoms with Gasteiger partial charge in [-0.3, -0.25) is 4.79 Å². The first-order valence-electron chi connectivity index (χ1n) is 6.08. The second-order valence-electron chi connectivity index (χ2n) is 4.09. The van der Waals surface area contributed by atoms with Crippen molar-refractivity contribution in [3.63, 3.8) is 0 Å². The van der Waals surface area contributed by atoms with Gasteiger partial charge >= 0.3 is 12.1 Å². The molecule has 0 aliphatic heterocycles. The third-order valence-electron chi connectivity index (χ3n) is 2.23. The lowest BCUT2D eigenvalue weighted by atomic mass is 10.3. The molecule has 0 aliphatic carbocycles. The monoisotopic (exact) mass is 337 g/mol. The van der Waals surface area contributed by atoms with Crippen LogP contribution < -0.4 is 10.6 Å². The zero-order chi connectivity index (χ0) is 16.8. The van der Waals surface area contributed by atoms with Gasteiger partial charge < -0.3 is 15.4 Å². The molecule has 0 saturated carbocycles. The Hall–Kier alpha value is -2.10. The predicted molar refractivity (Wildman–Crippen MR) is 74.7 cm³/mol. The molecule has 1 heterocycles. The van der Waals surface area contributed by atoms with Crippen molar-refractivity contribution in [2.75, 3.05) is 18.4 Å². The van der Waals surface area contributed by atoms with E-state index in [1.807, 2.05) is 0 Å². The number of carbonyl (C=O) groups excluding carboxylic acids is 2. The number of aromatic nitrogens is 1. The smallest absolute Gasteiger partial charge is 0.405 e. The molecule has 0 aliphatic rings. The molecule has 0 radical (unpaired) electrons. The Morgan fingerprint density at radius 2 is 2.23 bits per heavy atom. The molecule has 1 atom stereocenters. The van der Waals surface area contributed by atoms with Crippen LogP contribution in [0.25, 0.3) is 0 Å². The van der Waals surface area contributed by atoms with Gasteiger partial charge in [0.2, 0.25) is 0 Å². The maximum Gasteiger partial charge on any atom is 0.405 e. The van der Waals surface area contributed by atoms with Gasteiger partial charge in [-0.05, 0) is 6.92 Å². The number of thiazole rings is 1. The zero-order valence-corrected chi connectivity index (χ0v) is 12.4. The van der Waals surface area contributed by atoms with Crippen LogP contribution in [0, 0.1) is 0 Å². The van der Waals surface area contributed by atoms with E-state index >= 15 is 0 Å². The molecule has 1 amide bonds. The average Bonchev–Trinajstić information content (AvgIpc) is 2.90. The third kappa shape index (κ3) is 6.12. The molecule has 0 aromatic carbocycles. The maximum absolute atomic E-state index is 12.0. The SMILES string of the molecule is C=CCNc1nc(C(=O)OC(C)C(=O)NCC(F)(F)F)cs1. The van der Waals surface area contributed by atoms with Gasteiger partial charge in [0.25, 0.3) is 5.91 Å². The molecular weight excluding hydrogens is 323 g/mol. The summed E-state index contributed by atoms with van der Waals surface area (Å²) in [6.45, 7) is 3.65. The van der Waals surface area contributed by atoms with Gasteiger partial charge in [0.1, 0.15) is 6.54 Å². The number of anilines is 1. The van der Waals surface area contributed by atoms with Crippen LogP contribution in [0.3, 0.4) is 0 Å². The highest BCUT2D eigenvalue weighted by Gasteiger charge is 2.29. The van der Waals surface area contributed by atoms with Crippen molar-refractivity contribution in [2.24, 2.45) is 0 Å². The number of rotatable bonds is 7. The summed E-state index contributed by atoms with van der Waals surface area (Å²) < 4.78 is 40.7. The summed E-state index contributed by atoms with van der Waals surface area (Å²) >= 11 is 1.15. The summed E-state index contributed by atoms with van der Waals surface area (Å²) in [7, 11) is 0. The fourth-order valence-corrected chi connectivity index (χ4v) is 1.90. The van der Waals surface area contributed by atoms with E-state index in [0.29, 0.717) is 11.7 Å². The summed E-state index contributed by atoms with van der Waals surface area (Å²) in [5, 5.41) is 6.36. The molecule has 0 fully saturated rings. The lowest BCUT2D eigenvalue weighted by Crippen LogP contribution is -2.40. The van der Waals surface area contributed by atoms with Gasteiger partial charge in [-0.15, -0.1) is 17.9 Å². The van der Waals surface area contributed by atoms with E-state index in [4.69, 9.17) is 4.74 Å². The molecule has 2 N–H and O–H groups in total. The number of esters is 1. The number of halogens is 3. The van der Waals surface area contributed by atoms with Crippen LogP contribution in [0.5, 0.6) is 0 Å². The maximum atomic E-state index is 12.0. The van der Waals surface area contributed by atoms with Crippen molar-refractivity contribution in [3.8, 4) is 0 Å². The van der Waals surface area contributed by atoms with Crippen molar-refractivity contribution in [3.05, 3.63) is 23.7 Å². The second kappa shape index (κ2) is 7.78. The van der Waals surface area contributed by atoms with Gasteiger partial charge in [-0.2, -0.15) is 13.2 Å². The fourth-order valence-electron chi connectivity index (χ4n) is 1.21. The minimum atomic E-state index is -4.53. The summed E-state index contributed by atoms with van der Waals surface area (Å²) in [6.07, 6.45) is -4.28. The molecule has 0 saturated heterocycles. The number of alkyl halides is 3. The third-order valence-corrected chi connectivity index (χ3v) is 3.03. The Morgan fingerprint density at radius 1 is 1.55 bits per heavy atom. The molecule has 1 aromatic rings. The summed E-state index contributed by atoms with van der Waals surface area (Å²) in [6, 6.07) is 0. The Labute approximate surface area is 128 Å². The molecule has 6 nitrogen and oxygen atoms in total. The first kappa shape index (κ1) is 18.0. The van der Waals surface area contributed by atoms with Gasteiger partial charge in [0.15, 0.2) is 16.9 Å². The molecule has 122 valence electrons. The van der Waals surface area contributed by atoms with Crippen LogP contribution in [0.1, 0.15) is 17.4 Å². The summed E-state index contributed by atoms with van der Waals surface area (Å²) in [5.41, 5.74) is -0.0352. The number of nitrogens with one attached hydrogen (secondary N) is 2. The van der Waals surface area contributed by atoms with E-state index in [2.05, 4.69) is 16.9 Å². The van der Waals surface area contributed by atoms with Crippen LogP contribution in [-0.4, -0.2) is 42.2 Å². The molecule has 1 aromatic heterocycles. The lowest BCUT2D eigenvalue weighted by molar-refractivity contribution is -0.143. The standard InChI is InChI=1S/C12H14F3N3O3S/c1-3-4-16-11-18-8(5-22-11)10(20)21-7(2)9(19)17-6-12(13,14)15/h3,5,7H,1,4,6H2,2H3,(H,16,18)(H,17,19). The molecule has 0 bridgehead atoms. The average molecular weight is 337 g/mol. The number of carbonyl (C=O) groups is 2. The van der Waals surface area contributed by atoms with E-state index in [0.717, 1.165) is 11.3 Å². The fraction of sp³-hybridized carbons (Fsp3) is 0.417. The van der Waals surface area contributed by atoms with Crippen LogP contribution in [0.15, 0.2) is 18.0 Å². The van der Waals surface area contributed by atoms with E-state index < -0.39 is 30.7 Å². The van der Waals surface area contributed by atoms with Gasteiger partial charge in [-0.1, -0.05) is 6.08 Å². The van der Waals surface area contributed by atoms with E-state index in [1.165, 1.54) is 12.3 Å². The van der Waals surface area contributed by atoms with Crippen LogP contribution in [-0.2, 0) is 9.53 Å². The molecule has 1 rings (SSSR count). The van der Waals surface area contributed by atoms with Crippen molar-refractivity contribution in [1.29, 1.82) is 0 Å². The summed E-state index contributed by atoms with van der Waals surface area (Å²) in [5.74, 6) is -1.93. The topological polar surface area (TPSA) is 80.3 Å². The van der Waals surface area contributed by atoms with Gasteiger partial charge in [0, 0.05) is 11.9 Å². The number of amides is 1. The number of ether oxygens (including phenoxy) is 1. The minimum Gasteiger partial charge on any atom is -0.448 e. The largest absolute Gasteiger partial charge is 0.448 e. The van der Waals surface area contributed by atoms with Gasteiger partial charge in [0.05, 0.1) is 0 Å². The minimum absolute atomic E-state index is 0.0352. The van der Waals surface area contributed by atoms with Crippen molar-refractivity contribution < 1.29 is 27.5 Å². The zero-order valence-electron chi connectivity index (χ0n) is 11.6. The van der Waals surface area contributed by atoms with Crippen molar-refractivity contribution in [1.82, 2.24) is 10.3 Å². The molecule has 10 heteroatoms.